The first kappa shape index (κ1) is 24.6. The summed E-state index contributed by atoms with van der Waals surface area (Å²) in [5.74, 6) is -1.07. The Morgan fingerprint density at radius 2 is 1.78 bits per heavy atom. The van der Waals surface area contributed by atoms with Gasteiger partial charge in [-0.05, 0) is 57.2 Å². The summed E-state index contributed by atoms with van der Waals surface area (Å²) >= 11 is 0. The van der Waals surface area contributed by atoms with E-state index in [1.54, 1.807) is 23.4 Å². The quantitative estimate of drug-likeness (QED) is 0.389. The highest BCUT2D eigenvalue weighted by molar-refractivity contribution is 5.88. The van der Waals surface area contributed by atoms with E-state index in [1.165, 1.54) is 12.3 Å². The Balaban J connectivity index is 1.35. The summed E-state index contributed by atoms with van der Waals surface area (Å²) in [7, 11) is 0. The molecule has 192 valence electrons. The molecule has 5 rings (SSSR count). The van der Waals surface area contributed by atoms with Crippen molar-refractivity contribution in [3.8, 4) is 22.4 Å². The van der Waals surface area contributed by atoms with Crippen LogP contribution in [0.4, 0.5) is 19.4 Å². The number of ether oxygens (including phenoxy) is 1. The lowest BCUT2D eigenvalue weighted by atomic mass is 10.0. The molecule has 1 fully saturated rings. The summed E-state index contributed by atoms with van der Waals surface area (Å²) < 4.78 is 35.2. The molecule has 10 heteroatoms. The van der Waals surface area contributed by atoms with Crippen molar-refractivity contribution in [1.29, 1.82) is 0 Å². The van der Waals surface area contributed by atoms with Gasteiger partial charge in [0.25, 0.3) is 0 Å². The van der Waals surface area contributed by atoms with Crippen molar-refractivity contribution < 1.29 is 18.3 Å². The monoisotopic (exact) mass is 506 g/mol. The summed E-state index contributed by atoms with van der Waals surface area (Å²) in [5, 5.41) is 5.17. The number of nitrogens with two attached hydrogens (primary N) is 1. The number of piperidine rings is 1. The zero-order valence-corrected chi connectivity index (χ0v) is 20.9. The van der Waals surface area contributed by atoms with Crippen LogP contribution >= 0.6 is 0 Å². The molecule has 0 atom stereocenters. The van der Waals surface area contributed by atoms with E-state index in [-0.39, 0.29) is 23.3 Å². The number of rotatable bonds is 3. The van der Waals surface area contributed by atoms with Crippen molar-refractivity contribution in [2.75, 3.05) is 18.8 Å². The van der Waals surface area contributed by atoms with Gasteiger partial charge in [0.2, 0.25) is 0 Å². The number of aromatic nitrogens is 4. The normalized spacial score (nSPS) is 14.8. The van der Waals surface area contributed by atoms with E-state index in [1.807, 2.05) is 37.7 Å². The van der Waals surface area contributed by atoms with Crippen LogP contribution in [-0.2, 0) is 4.74 Å². The SMILES string of the molecule is CC(C)(C)OC(=O)N1CCC(n2cc(-c3cnc(N)c(-c4cc5cc(F)cc(F)c5cn4)c3)cn2)CC1. The summed E-state index contributed by atoms with van der Waals surface area (Å²) in [6.07, 6.45) is 7.97. The first-order valence-electron chi connectivity index (χ1n) is 12.1. The standard InChI is InChI=1S/C27H28F2N6O2/c1-27(2,3)37-26(36)34-6-4-20(5-7-34)35-15-18(13-33-35)17-9-21(25(30)32-12-17)24-10-16-8-19(28)11-23(29)22(16)14-31-24/h8-15,20H,4-7H2,1-3H3,(H2,30,32). The number of carbonyl (C=O) groups excluding carboxylic acids is 1. The summed E-state index contributed by atoms with van der Waals surface area (Å²) in [5.41, 5.74) is 8.27. The van der Waals surface area contributed by atoms with Crippen LogP contribution in [-0.4, -0.2) is 49.4 Å². The number of amides is 1. The number of fused-ring (bicyclic) bond motifs is 1. The van der Waals surface area contributed by atoms with Crippen LogP contribution in [0.25, 0.3) is 33.2 Å². The first-order valence-corrected chi connectivity index (χ1v) is 12.1. The van der Waals surface area contributed by atoms with Crippen LogP contribution in [0, 0.1) is 11.6 Å². The Labute approximate surface area is 213 Å². The molecule has 1 aliphatic heterocycles. The van der Waals surface area contributed by atoms with Crippen molar-refractivity contribution in [3.05, 3.63) is 60.7 Å². The highest BCUT2D eigenvalue weighted by Crippen LogP contribution is 2.32. The summed E-state index contributed by atoms with van der Waals surface area (Å²) in [4.78, 5) is 22.7. The molecule has 8 nitrogen and oxygen atoms in total. The fourth-order valence-corrected chi connectivity index (χ4v) is 4.49. The molecular formula is C27H28F2N6O2. The Kier molecular flexibility index (Phi) is 6.26. The number of hydrogen-bond donors (Lipinski definition) is 1. The van der Waals surface area contributed by atoms with Gasteiger partial charge in [-0.3, -0.25) is 9.67 Å². The molecule has 1 amide bonds. The minimum absolute atomic E-state index is 0.153. The molecule has 1 saturated heterocycles. The number of anilines is 1. The van der Waals surface area contributed by atoms with Crippen LogP contribution in [0.15, 0.2) is 49.1 Å². The maximum absolute atomic E-state index is 14.1. The number of halogens is 2. The van der Waals surface area contributed by atoms with Crippen LogP contribution in [0.2, 0.25) is 0 Å². The molecule has 3 aromatic heterocycles. The highest BCUT2D eigenvalue weighted by atomic mass is 19.1. The average molecular weight is 507 g/mol. The van der Waals surface area contributed by atoms with Crippen molar-refractivity contribution >= 4 is 22.7 Å². The van der Waals surface area contributed by atoms with Gasteiger partial charge >= 0.3 is 6.09 Å². The van der Waals surface area contributed by atoms with Gasteiger partial charge in [0.1, 0.15) is 23.1 Å². The van der Waals surface area contributed by atoms with E-state index in [9.17, 15) is 13.6 Å². The van der Waals surface area contributed by atoms with Gasteiger partial charge < -0.3 is 15.4 Å². The van der Waals surface area contributed by atoms with E-state index < -0.39 is 17.2 Å². The van der Waals surface area contributed by atoms with Crippen LogP contribution in [0.1, 0.15) is 39.7 Å². The lowest BCUT2D eigenvalue weighted by molar-refractivity contribution is 0.0185. The zero-order chi connectivity index (χ0) is 26.3. The predicted octanol–water partition coefficient (Wildman–Crippen LogP) is 5.59. The Morgan fingerprint density at radius 3 is 2.51 bits per heavy atom. The number of pyridine rings is 2. The molecule has 0 spiro atoms. The largest absolute Gasteiger partial charge is 0.444 e. The lowest BCUT2D eigenvalue weighted by Gasteiger charge is -2.33. The van der Waals surface area contributed by atoms with Gasteiger partial charge in [-0.2, -0.15) is 5.10 Å². The molecule has 0 bridgehead atoms. The van der Waals surface area contributed by atoms with E-state index in [0.29, 0.717) is 29.7 Å². The molecule has 0 radical (unpaired) electrons. The second-order valence-corrected chi connectivity index (χ2v) is 10.2. The molecule has 0 saturated carbocycles. The number of likely N-dealkylation sites (tertiary alicyclic amines) is 1. The number of hydrogen-bond acceptors (Lipinski definition) is 6. The molecule has 0 unspecified atom stereocenters. The van der Waals surface area contributed by atoms with Gasteiger partial charge in [0.05, 0.1) is 17.9 Å². The van der Waals surface area contributed by atoms with Crippen LogP contribution < -0.4 is 5.73 Å². The smallest absolute Gasteiger partial charge is 0.410 e. The molecule has 4 aromatic rings. The van der Waals surface area contributed by atoms with E-state index >= 15 is 0 Å². The molecule has 1 aliphatic rings. The molecule has 37 heavy (non-hydrogen) atoms. The van der Waals surface area contributed by atoms with Gasteiger partial charge in [-0.25, -0.2) is 18.6 Å². The number of carbonyl (C=O) groups is 1. The third-order valence-corrected chi connectivity index (χ3v) is 6.37. The molecule has 4 heterocycles. The minimum atomic E-state index is -0.668. The first-order chi connectivity index (χ1) is 17.6. The van der Waals surface area contributed by atoms with Crippen molar-refractivity contribution in [1.82, 2.24) is 24.6 Å². The van der Waals surface area contributed by atoms with Crippen molar-refractivity contribution in [2.24, 2.45) is 0 Å². The van der Waals surface area contributed by atoms with Crippen molar-refractivity contribution in [2.45, 2.75) is 45.3 Å². The molecule has 2 N–H and O–H groups in total. The average Bonchev–Trinajstić information content (AvgIpc) is 3.33. The third-order valence-electron chi connectivity index (χ3n) is 6.37. The zero-order valence-electron chi connectivity index (χ0n) is 20.9. The maximum Gasteiger partial charge on any atom is 0.410 e. The van der Waals surface area contributed by atoms with Gasteiger partial charge in [0.15, 0.2) is 0 Å². The highest BCUT2D eigenvalue weighted by Gasteiger charge is 2.28. The number of nitrogen functional groups attached to an aromatic ring is 1. The van der Waals surface area contributed by atoms with E-state index in [2.05, 4.69) is 15.1 Å². The van der Waals surface area contributed by atoms with E-state index in [0.717, 1.165) is 30.0 Å². The molecule has 1 aromatic carbocycles. The van der Waals surface area contributed by atoms with Crippen molar-refractivity contribution in [3.63, 3.8) is 0 Å². The number of benzene rings is 1. The maximum atomic E-state index is 14.1. The van der Waals surface area contributed by atoms with Gasteiger partial charge in [-0.15, -0.1) is 0 Å². The second kappa shape index (κ2) is 9.42. The second-order valence-electron chi connectivity index (χ2n) is 10.2. The van der Waals surface area contributed by atoms with Gasteiger partial charge in [0, 0.05) is 59.8 Å². The topological polar surface area (TPSA) is 99.2 Å². The van der Waals surface area contributed by atoms with Gasteiger partial charge in [-0.1, -0.05) is 0 Å². The lowest BCUT2D eigenvalue weighted by Crippen LogP contribution is -2.42. The molecular weight excluding hydrogens is 478 g/mol. The Hall–Kier alpha value is -4.08. The predicted molar refractivity (Wildman–Crippen MR) is 137 cm³/mol. The summed E-state index contributed by atoms with van der Waals surface area (Å²) in [6, 6.07) is 5.69. The number of nitrogens with zero attached hydrogens (tertiary/aromatic N) is 5. The minimum Gasteiger partial charge on any atom is -0.444 e. The fourth-order valence-electron chi connectivity index (χ4n) is 4.49. The Morgan fingerprint density at radius 1 is 1.03 bits per heavy atom. The van der Waals surface area contributed by atoms with E-state index in [4.69, 9.17) is 10.5 Å². The fraction of sp³-hybridized carbons (Fsp3) is 0.333. The molecule has 0 aliphatic carbocycles. The van der Waals surface area contributed by atoms with Crippen LogP contribution in [0.5, 0.6) is 0 Å². The Bertz CT molecular complexity index is 1470. The van der Waals surface area contributed by atoms with Crippen LogP contribution in [0.3, 0.4) is 0 Å². The third kappa shape index (κ3) is 5.23. The summed E-state index contributed by atoms with van der Waals surface area (Å²) in [6.45, 7) is 6.76.